The van der Waals surface area contributed by atoms with Gasteiger partial charge >= 0.3 is 5.97 Å². The lowest BCUT2D eigenvalue weighted by Crippen LogP contribution is -2.14. The molecule has 1 aliphatic carbocycles. The highest BCUT2D eigenvalue weighted by Gasteiger charge is 2.35. The third-order valence-corrected chi connectivity index (χ3v) is 3.76. The molecule has 0 heterocycles. The summed E-state index contributed by atoms with van der Waals surface area (Å²) in [6, 6.07) is 14.5. The van der Waals surface area contributed by atoms with E-state index in [1.165, 1.54) is 0 Å². The van der Waals surface area contributed by atoms with Gasteiger partial charge in [0.15, 0.2) is 0 Å². The van der Waals surface area contributed by atoms with Crippen molar-refractivity contribution in [2.75, 3.05) is 13.7 Å². The number of ketones is 1. The predicted octanol–water partition coefficient (Wildman–Crippen LogP) is 3.26. The van der Waals surface area contributed by atoms with Gasteiger partial charge in [-0.3, -0.25) is 4.79 Å². The van der Waals surface area contributed by atoms with Crippen LogP contribution < -0.4 is 4.74 Å². The third-order valence-electron chi connectivity index (χ3n) is 3.76. The summed E-state index contributed by atoms with van der Waals surface area (Å²) in [4.78, 5) is 25.0. The maximum atomic E-state index is 12.7. The van der Waals surface area contributed by atoms with Gasteiger partial charge < -0.3 is 9.47 Å². The van der Waals surface area contributed by atoms with Crippen molar-refractivity contribution in [3.05, 3.63) is 70.8 Å². The first-order chi connectivity index (χ1) is 11.2. The molecule has 0 atom stereocenters. The van der Waals surface area contributed by atoms with Gasteiger partial charge in [-0.25, -0.2) is 4.79 Å². The number of Topliss-reactive ketones (excluding diaryl/α,β-unsaturated/α-hetero) is 1. The molecule has 0 aromatic heterocycles. The topological polar surface area (TPSA) is 52.6 Å². The van der Waals surface area contributed by atoms with Crippen LogP contribution in [0.25, 0.3) is 5.57 Å². The van der Waals surface area contributed by atoms with Gasteiger partial charge in [-0.15, -0.1) is 0 Å². The standard InChI is InChI=1S/C19H16O4/c1-3-23-19(21)17-16(12-7-5-4-6-8-12)15-11-13(22-2)9-10-14(15)18(17)20/h4-11H,3H2,1-2H3. The van der Waals surface area contributed by atoms with E-state index >= 15 is 0 Å². The lowest BCUT2D eigenvalue weighted by molar-refractivity contribution is -0.137. The van der Waals surface area contributed by atoms with Crippen LogP contribution in [0.15, 0.2) is 54.1 Å². The van der Waals surface area contributed by atoms with Crippen molar-refractivity contribution in [2.45, 2.75) is 6.92 Å². The Morgan fingerprint density at radius 2 is 1.78 bits per heavy atom. The molecule has 0 aliphatic heterocycles. The van der Waals surface area contributed by atoms with Crippen molar-refractivity contribution >= 4 is 17.3 Å². The maximum absolute atomic E-state index is 12.7. The quantitative estimate of drug-likeness (QED) is 0.642. The van der Waals surface area contributed by atoms with Gasteiger partial charge in [0, 0.05) is 11.1 Å². The molecule has 0 unspecified atom stereocenters. The number of hydrogen-bond donors (Lipinski definition) is 0. The van der Waals surface area contributed by atoms with Crippen LogP contribution in [0.3, 0.4) is 0 Å². The molecular formula is C19H16O4. The number of hydrogen-bond acceptors (Lipinski definition) is 4. The zero-order chi connectivity index (χ0) is 16.4. The second kappa shape index (κ2) is 6.08. The molecule has 0 bridgehead atoms. The summed E-state index contributed by atoms with van der Waals surface area (Å²) >= 11 is 0. The number of ether oxygens (including phenoxy) is 2. The average Bonchev–Trinajstić information content (AvgIpc) is 2.88. The van der Waals surface area contributed by atoms with Gasteiger partial charge in [-0.2, -0.15) is 0 Å². The van der Waals surface area contributed by atoms with Crippen LogP contribution in [0, 0.1) is 0 Å². The first-order valence-electron chi connectivity index (χ1n) is 7.37. The Bertz CT molecular complexity index is 803. The molecular weight excluding hydrogens is 292 g/mol. The van der Waals surface area contributed by atoms with Crippen molar-refractivity contribution < 1.29 is 19.1 Å². The Hall–Kier alpha value is -2.88. The van der Waals surface area contributed by atoms with Crippen LogP contribution >= 0.6 is 0 Å². The Morgan fingerprint density at radius 3 is 2.43 bits per heavy atom. The zero-order valence-electron chi connectivity index (χ0n) is 13.0. The molecule has 3 rings (SSSR count). The molecule has 0 saturated heterocycles. The molecule has 0 radical (unpaired) electrons. The van der Waals surface area contributed by atoms with Crippen molar-refractivity contribution in [1.82, 2.24) is 0 Å². The Labute approximate surface area is 134 Å². The normalized spacial score (nSPS) is 13.0. The molecule has 0 spiro atoms. The summed E-state index contributed by atoms with van der Waals surface area (Å²) in [5.41, 5.74) is 2.68. The average molecular weight is 308 g/mol. The van der Waals surface area contributed by atoms with Crippen LogP contribution in [0.1, 0.15) is 28.4 Å². The van der Waals surface area contributed by atoms with Crippen LogP contribution in [0.5, 0.6) is 5.75 Å². The SMILES string of the molecule is CCOC(=O)C1=C(c2ccccc2)c2cc(OC)ccc2C1=O. The Balaban J connectivity index is 2.26. The molecule has 2 aromatic carbocycles. The van der Waals surface area contributed by atoms with Gasteiger partial charge in [0.2, 0.25) is 5.78 Å². The van der Waals surface area contributed by atoms with Crippen LogP contribution in [0.2, 0.25) is 0 Å². The fourth-order valence-corrected chi connectivity index (χ4v) is 2.74. The molecule has 1 aliphatic rings. The largest absolute Gasteiger partial charge is 0.497 e. The molecule has 0 amide bonds. The number of carbonyl (C=O) groups is 2. The van der Waals surface area contributed by atoms with Gasteiger partial charge in [0.1, 0.15) is 11.3 Å². The number of benzene rings is 2. The minimum Gasteiger partial charge on any atom is -0.497 e. The second-order valence-corrected chi connectivity index (χ2v) is 5.08. The number of fused-ring (bicyclic) bond motifs is 1. The molecule has 4 nitrogen and oxygen atoms in total. The number of carbonyl (C=O) groups excluding carboxylic acids is 2. The van der Waals surface area contributed by atoms with E-state index in [0.717, 1.165) is 5.56 Å². The summed E-state index contributed by atoms with van der Waals surface area (Å²) in [7, 11) is 1.57. The summed E-state index contributed by atoms with van der Waals surface area (Å²) in [5, 5.41) is 0. The van der Waals surface area contributed by atoms with E-state index in [1.807, 2.05) is 30.3 Å². The van der Waals surface area contributed by atoms with E-state index in [4.69, 9.17) is 9.47 Å². The van der Waals surface area contributed by atoms with Crippen molar-refractivity contribution in [3.63, 3.8) is 0 Å². The van der Waals surface area contributed by atoms with Crippen LogP contribution in [-0.4, -0.2) is 25.5 Å². The lowest BCUT2D eigenvalue weighted by atomic mass is 9.97. The van der Waals surface area contributed by atoms with Crippen LogP contribution in [0.4, 0.5) is 0 Å². The van der Waals surface area contributed by atoms with Gasteiger partial charge in [-0.05, 0) is 36.2 Å². The minimum atomic E-state index is -0.591. The molecule has 116 valence electrons. The van der Waals surface area contributed by atoms with Crippen molar-refractivity contribution in [3.8, 4) is 5.75 Å². The van der Waals surface area contributed by atoms with Crippen molar-refractivity contribution in [1.29, 1.82) is 0 Å². The molecule has 0 saturated carbocycles. The monoisotopic (exact) mass is 308 g/mol. The van der Waals surface area contributed by atoms with Crippen LogP contribution in [-0.2, 0) is 9.53 Å². The van der Waals surface area contributed by atoms with E-state index in [1.54, 1.807) is 32.2 Å². The molecule has 0 N–H and O–H groups in total. The Morgan fingerprint density at radius 1 is 1.04 bits per heavy atom. The fourth-order valence-electron chi connectivity index (χ4n) is 2.74. The first kappa shape index (κ1) is 15.0. The smallest absolute Gasteiger partial charge is 0.342 e. The lowest BCUT2D eigenvalue weighted by Gasteiger charge is -2.09. The van der Waals surface area contributed by atoms with Gasteiger partial charge in [0.05, 0.1) is 13.7 Å². The number of methoxy groups -OCH3 is 1. The highest BCUT2D eigenvalue weighted by atomic mass is 16.5. The highest BCUT2D eigenvalue weighted by molar-refractivity contribution is 6.35. The highest BCUT2D eigenvalue weighted by Crippen LogP contribution is 2.39. The van der Waals surface area contributed by atoms with E-state index in [9.17, 15) is 9.59 Å². The maximum Gasteiger partial charge on any atom is 0.342 e. The van der Waals surface area contributed by atoms with E-state index < -0.39 is 5.97 Å². The third kappa shape index (κ3) is 2.52. The number of esters is 1. The van der Waals surface area contributed by atoms with E-state index in [-0.39, 0.29) is 18.0 Å². The summed E-state index contributed by atoms with van der Waals surface area (Å²) in [6.07, 6.45) is 0. The van der Waals surface area contributed by atoms with Crippen molar-refractivity contribution in [2.24, 2.45) is 0 Å². The molecule has 4 heteroatoms. The summed E-state index contributed by atoms with van der Waals surface area (Å²) in [5.74, 6) is -0.262. The van der Waals surface area contributed by atoms with Gasteiger partial charge in [-0.1, -0.05) is 30.3 Å². The minimum absolute atomic E-state index is 0.0845. The Kier molecular flexibility index (Phi) is 3.98. The number of rotatable bonds is 4. The summed E-state index contributed by atoms with van der Waals surface area (Å²) in [6.45, 7) is 1.94. The van der Waals surface area contributed by atoms with E-state index in [2.05, 4.69) is 0 Å². The first-order valence-corrected chi connectivity index (χ1v) is 7.37. The predicted molar refractivity (Wildman–Crippen MR) is 86.4 cm³/mol. The summed E-state index contributed by atoms with van der Waals surface area (Å²) < 4.78 is 10.3. The zero-order valence-corrected chi connectivity index (χ0v) is 13.0. The van der Waals surface area contributed by atoms with Gasteiger partial charge in [0.25, 0.3) is 0 Å². The van der Waals surface area contributed by atoms with E-state index in [0.29, 0.717) is 22.4 Å². The molecule has 23 heavy (non-hydrogen) atoms. The molecule has 2 aromatic rings. The molecule has 0 fully saturated rings. The second-order valence-electron chi connectivity index (χ2n) is 5.08. The fraction of sp³-hybridized carbons (Fsp3) is 0.158.